The van der Waals surface area contributed by atoms with Crippen molar-refractivity contribution in [1.82, 2.24) is 0 Å². The molecule has 0 aromatic heterocycles. The van der Waals surface area contributed by atoms with E-state index in [2.05, 4.69) is 40.3 Å². The van der Waals surface area contributed by atoms with E-state index in [4.69, 9.17) is 0 Å². The molecule has 0 heteroatoms. The largest absolute Gasteiger partial charge is 0.103 e. The minimum absolute atomic E-state index is 1.16. The van der Waals surface area contributed by atoms with Crippen LogP contribution in [0.3, 0.4) is 0 Å². The maximum atomic E-state index is 3.76. The van der Waals surface area contributed by atoms with E-state index in [1.807, 2.05) is 6.08 Å². The average molecular weight is 262 g/mol. The number of hydrogen-bond donors (Lipinski definition) is 0. The Hall–Kier alpha value is -0.780. The molecule has 0 aromatic carbocycles. The van der Waals surface area contributed by atoms with Crippen molar-refractivity contribution in [3.63, 3.8) is 0 Å². The van der Waals surface area contributed by atoms with Crippen LogP contribution in [0.15, 0.2) is 35.5 Å². The zero-order valence-corrected chi connectivity index (χ0v) is 13.7. The van der Waals surface area contributed by atoms with Crippen molar-refractivity contribution >= 4 is 0 Å². The van der Waals surface area contributed by atoms with E-state index in [1.165, 1.54) is 56.9 Å². The highest BCUT2D eigenvalue weighted by Crippen LogP contribution is 2.15. The molecule has 0 spiro atoms. The van der Waals surface area contributed by atoms with Crippen LogP contribution < -0.4 is 0 Å². The third kappa shape index (κ3) is 12.0. The molecule has 0 nitrogen and oxygen atoms in total. The van der Waals surface area contributed by atoms with Gasteiger partial charge in [-0.2, -0.15) is 0 Å². The Morgan fingerprint density at radius 3 is 2.05 bits per heavy atom. The minimum Gasteiger partial charge on any atom is -0.103 e. The molecule has 110 valence electrons. The van der Waals surface area contributed by atoms with Crippen molar-refractivity contribution < 1.29 is 0 Å². The molecule has 0 aliphatic rings. The average Bonchev–Trinajstić information content (AvgIpc) is 2.37. The summed E-state index contributed by atoms with van der Waals surface area (Å²) >= 11 is 0. The first kappa shape index (κ1) is 18.2. The SMILES string of the molecule is C=CCCCCC=C(C)CCCCCC(C)=C(C)C. The summed E-state index contributed by atoms with van der Waals surface area (Å²) in [6, 6.07) is 0. The summed E-state index contributed by atoms with van der Waals surface area (Å²) in [6.07, 6.45) is 16.1. The summed E-state index contributed by atoms with van der Waals surface area (Å²) in [7, 11) is 0. The topological polar surface area (TPSA) is 0 Å². The first-order chi connectivity index (χ1) is 9.07. The highest BCUT2D eigenvalue weighted by Gasteiger charge is 1.95. The predicted octanol–water partition coefficient (Wildman–Crippen LogP) is 6.99. The van der Waals surface area contributed by atoms with Crippen LogP contribution in [0.1, 0.15) is 85.5 Å². The minimum atomic E-state index is 1.16. The van der Waals surface area contributed by atoms with Crippen molar-refractivity contribution in [2.75, 3.05) is 0 Å². The molecule has 19 heavy (non-hydrogen) atoms. The van der Waals surface area contributed by atoms with E-state index in [9.17, 15) is 0 Å². The molecule has 0 rings (SSSR count). The van der Waals surface area contributed by atoms with Crippen LogP contribution >= 0.6 is 0 Å². The lowest BCUT2D eigenvalue weighted by atomic mass is 10.0. The molecule has 0 radical (unpaired) electrons. The molecule has 0 bridgehead atoms. The zero-order chi connectivity index (χ0) is 14.5. The Morgan fingerprint density at radius 1 is 0.789 bits per heavy atom. The Balaban J connectivity index is 3.52. The number of allylic oxidation sites excluding steroid dienone is 5. The molecule has 0 fully saturated rings. The molecular formula is C19H34. The summed E-state index contributed by atoms with van der Waals surface area (Å²) in [4.78, 5) is 0. The smallest absolute Gasteiger partial charge is 0.0321 e. The van der Waals surface area contributed by atoms with Gasteiger partial charge in [0.25, 0.3) is 0 Å². The highest BCUT2D eigenvalue weighted by atomic mass is 14.0. The number of rotatable bonds is 11. The normalized spacial score (nSPS) is 11.5. The lowest BCUT2D eigenvalue weighted by Crippen LogP contribution is -1.84. The lowest BCUT2D eigenvalue weighted by molar-refractivity contribution is 0.667. The van der Waals surface area contributed by atoms with Crippen LogP contribution in [-0.2, 0) is 0 Å². The molecule has 0 N–H and O–H groups in total. The van der Waals surface area contributed by atoms with Crippen LogP contribution in [-0.4, -0.2) is 0 Å². The number of hydrogen-bond acceptors (Lipinski definition) is 0. The summed E-state index contributed by atoms with van der Waals surface area (Å²) in [5, 5.41) is 0. The molecule has 0 saturated carbocycles. The van der Waals surface area contributed by atoms with Crippen LogP contribution in [0.5, 0.6) is 0 Å². The van der Waals surface area contributed by atoms with Crippen LogP contribution in [0.4, 0.5) is 0 Å². The van der Waals surface area contributed by atoms with E-state index in [-0.39, 0.29) is 0 Å². The van der Waals surface area contributed by atoms with Gasteiger partial charge in [-0.3, -0.25) is 0 Å². The molecule has 0 unspecified atom stereocenters. The Morgan fingerprint density at radius 2 is 1.42 bits per heavy atom. The fourth-order valence-electron chi connectivity index (χ4n) is 2.10. The second kappa shape index (κ2) is 12.3. The van der Waals surface area contributed by atoms with Crippen molar-refractivity contribution in [2.24, 2.45) is 0 Å². The second-order valence-electron chi connectivity index (χ2n) is 5.96. The third-order valence-electron chi connectivity index (χ3n) is 3.83. The first-order valence-electron chi connectivity index (χ1n) is 7.97. The van der Waals surface area contributed by atoms with Gasteiger partial charge in [-0.1, -0.05) is 35.3 Å². The Kier molecular flexibility index (Phi) is 11.8. The number of unbranched alkanes of at least 4 members (excludes halogenated alkanes) is 5. The van der Waals surface area contributed by atoms with E-state index < -0.39 is 0 Å². The fourth-order valence-corrected chi connectivity index (χ4v) is 2.10. The standard InChI is InChI=1S/C19H34/c1-6-7-8-9-11-14-18(4)15-12-10-13-16-19(5)17(2)3/h6,14H,1,7-13,15-16H2,2-5H3. The molecule has 0 aliphatic heterocycles. The summed E-state index contributed by atoms with van der Waals surface area (Å²) in [5.74, 6) is 0. The van der Waals surface area contributed by atoms with Crippen molar-refractivity contribution in [3.8, 4) is 0 Å². The van der Waals surface area contributed by atoms with Gasteiger partial charge in [-0.05, 0) is 79.1 Å². The fraction of sp³-hybridized carbons (Fsp3) is 0.684. The van der Waals surface area contributed by atoms with Gasteiger partial charge in [0.15, 0.2) is 0 Å². The predicted molar refractivity (Wildman–Crippen MR) is 89.6 cm³/mol. The lowest BCUT2D eigenvalue weighted by Gasteiger charge is -2.05. The first-order valence-corrected chi connectivity index (χ1v) is 7.97. The van der Waals surface area contributed by atoms with Crippen LogP contribution in [0, 0.1) is 0 Å². The Bertz CT molecular complexity index is 287. The quantitative estimate of drug-likeness (QED) is 0.278. The van der Waals surface area contributed by atoms with Gasteiger partial charge in [-0.15, -0.1) is 6.58 Å². The maximum absolute atomic E-state index is 3.76. The molecule has 0 amide bonds. The third-order valence-corrected chi connectivity index (χ3v) is 3.83. The van der Waals surface area contributed by atoms with E-state index in [0.29, 0.717) is 0 Å². The van der Waals surface area contributed by atoms with Crippen LogP contribution in [0.25, 0.3) is 0 Å². The zero-order valence-electron chi connectivity index (χ0n) is 13.7. The van der Waals surface area contributed by atoms with Gasteiger partial charge < -0.3 is 0 Å². The molecular weight excluding hydrogens is 228 g/mol. The van der Waals surface area contributed by atoms with E-state index >= 15 is 0 Å². The maximum Gasteiger partial charge on any atom is -0.0321 e. The molecule has 0 aliphatic carbocycles. The van der Waals surface area contributed by atoms with Crippen molar-refractivity contribution in [3.05, 3.63) is 35.5 Å². The monoisotopic (exact) mass is 262 g/mol. The summed E-state index contributed by atoms with van der Waals surface area (Å²) in [5.41, 5.74) is 4.66. The second-order valence-corrected chi connectivity index (χ2v) is 5.96. The van der Waals surface area contributed by atoms with Gasteiger partial charge in [0.05, 0.1) is 0 Å². The van der Waals surface area contributed by atoms with Crippen molar-refractivity contribution in [1.29, 1.82) is 0 Å². The summed E-state index contributed by atoms with van der Waals surface area (Å²) in [6.45, 7) is 12.7. The molecule has 0 atom stereocenters. The highest BCUT2D eigenvalue weighted by molar-refractivity contribution is 5.06. The van der Waals surface area contributed by atoms with Gasteiger partial charge >= 0.3 is 0 Å². The van der Waals surface area contributed by atoms with E-state index in [0.717, 1.165) is 6.42 Å². The Labute approximate surface area is 121 Å². The van der Waals surface area contributed by atoms with Gasteiger partial charge in [0.1, 0.15) is 0 Å². The molecule has 0 heterocycles. The van der Waals surface area contributed by atoms with Gasteiger partial charge in [0, 0.05) is 0 Å². The summed E-state index contributed by atoms with van der Waals surface area (Å²) < 4.78 is 0. The van der Waals surface area contributed by atoms with Gasteiger partial charge in [0.2, 0.25) is 0 Å². The molecule has 0 saturated heterocycles. The van der Waals surface area contributed by atoms with Gasteiger partial charge in [-0.25, -0.2) is 0 Å². The van der Waals surface area contributed by atoms with Crippen molar-refractivity contribution in [2.45, 2.75) is 85.5 Å². The van der Waals surface area contributed by atoms with E-state index in [1.54, 1.807) is 11.1 Å². The van der Waals surface area contributed by atoms with Crippen LogP contribution in [0.2, 0.25) is 0 Å². The molecule has 0 aromatic rings.